The number of nitrogens with one attached hydrogen (secondary N) is 1. The van der Waals surface area contributed by atoms with Crippen molar-refractivity contribution >= 4 is 11.0 Å². The Balaban J connectivity index is 1.90. The highest BCUT2D eigenvalue weighted by atomic mass is 15.2. The second kappa shape index (κ2) is 5.94. The molecule has 0 saturated heterocycles. The van der Waals surface area contributed by atoms with E-state index >= 15 is 0 Å². The van der Waals surface area contributed by atoms with Crippen molar-refractivity contribution < 1.29 is 0 Å². The van der Waals surface area contributed by atoms with E-state index in [1.165, 1.54) is 30.6 Å². The van der Waals surface area contributed by atoms with Gasteiger partial charge in [-0.2, -0.15) is 0 Å². The zero-order valence-electron chi connectivity index (χ0n) is 12.2. The van der Waals surface area contributed by atoms with Crippen LogP contribution in [0.5, 0.6) is 0 Å². The molecule has 0 amide bonds. The van der Waals surface area contributed by atoms with Gasteiger partial charge in [-0.15, -0.1) is 0 Å². The number of benzene rings is 1. The number of fused-ring (bicyclic) bond motifs is 1. The fourth-order valence-electron chi connectivity index (χ4n) is 3.15. The van der Waals surface area contributed by atoms with Crippen LogP contribution >= 0.6 is 0 Å². The number of para-hydroxylation sites is 2. The molecule has 1 saturated carbocycles. The average Bonchev–Trinajstić information content (AvgIpc) is 2.75. The molecule has 1 heterocycles. The Labute approximate surface area is 120 Å². The van der Waals surface area contributed by atoms with Gasteiger partial charge in [0.05, 0.1) is 11.0 Å². The summed E-state index contributed by atoms with van der Waals surface area (Å²) in [5, 5.41) is 0. The number of aryl methyl sites for hydroxylation is 1. The summed E-state index contributed by atoms with van der Waals surface area (Å²) in [6, 6.07) is 8.76. The molecule has 0 spiro atoms. The summed E-state index contributed by atoms with van der Waals surface area (Å²) >= 11 is 0. The van der Waals surface area contributed by atoms with Crippen molar-refractivity contribution in [2.45, 2.75) is 51.6 Å². The molecule has 1 atom stereocenters. The molecule has 4 nitrogen and oxygen atoms in total. The highest BCUT2D eigenvalue weighted by Gasteiger charge is 2.28. The Kier molecular flexibility index (Phi) is 4.03. The Morgan fingerprint density at radius 1 is 1.40 bits per heavy atom. The molecule has 2 aromatic rings. The van der Waals surface area contributed by atoms with Crippen LogP contribution in [-0.2, 0) is 13.0 Å². The zero-order valence-corrected chi connectivity index (χ0v) is 12.2. The van der Waals surface area contributed by atoms with Crippen LogP contribution in [0.3, 0.4) is 0 Å². The third kappa shape index (κ3) is 2.45. The monoisotopic (exact) mass is 272 g/mol. The molecule has 0 aliphatic heterocycles. The highest BCUT2D eigenvalue weighted by Crippen LogP contribution is 2.31. The van der Waals surface area contributed by atoms with Crippen molar-refractivity contribution in [2.75, 3.05) is 0 Å². The number of imidazole rings is 1. The van der Waals surface area contributed by atoms with Crippen molar-refractivity contribution in [2.24, 2.45) is 11.8 Å². The Morgan fingerprint density at radius 2 is 2.20 bits per heavy atom. The third-order valence-corrected chi connectivity index (χ3v) is 4.52. The first kappa shape index (κ1) is 13.6. The SMILES string of the molecule is CCCn1c(CC(NN)C2CCC2)nc2ccccc21. The fourth-order valence-corrected chi connectivity index (χ4v) is 3.15. The van der Waals surface area contributed by atoms with Gasteiger partial charge in [-0.05, 0) is 37.3 Å². The molecule has 1 aromatic carbocycles. The smallest absolute Gasteiger partial charge is 0.111 e. The van der Waals surface area contributed by atoms with Crippen molar-refractivity contribution in [3.05, 3.63) is 30.1 Å². The van der Waals surface area contributed by atoms with Crippen LogP contribution in [0.1, 0.15) is 38.4 Å². The van der Waals surface area contributed by atoms with E-state index in [1.54, 1.807) is 0 Å². The van der Waals surface area contributed by atoms with Gasteiger partial charge in [0.2, 0.25) is 0 Å². The van der Waals surface area contributed by atoms with E-state index in [1.807, 2.05) is 0 Å². The molecule has 1 aliphatic rings. The van der Waals surface area contributed by atoms with E-state index in [9.17, 15) is 0 Å². The van der Waals surface area contributed by atoms with Crippen molar-refractivity contribution in [3.8, 4) is 0 Å². The Morgan fingerprint density at radius 3 is 2.85 bits per heavy atom. The maximum atomic E-state index is 5.76. The van der Waals surface area contributed by atoms with E-state index in [0.717, 1.165) is 30.8 Å². The van der Waals surface area contributed by atoms with Gasteiger partial charge < -0.3 is 4.57 Å². The van der Waals surface area contributed by atoms with Gasteiger partial charge in [-0.3, -0.25) is 11.3 Å². The van der Waals surface area contributed by atoms with Gasteiger partial charge in [-0.1, -0.05) is 25.5 Å². The number of aromatic nitrogens is 2. The summed E-state index contributed by atoms with van der Waals surface area (Å²) in [5.41, 5.74) is 5.35. The maximum Gasteiger partial charge on any atom is 0.111 e. The summed E-state index contributed by atoms with van der Waals surface area (Å²) in [6.07, 6.45) is 5.98. The summed E-state index contributed by atoms with van der Waals surface area (Å²) < 4.78 is 2.36. The minimum absolute atomic E-state index is 0.358. The van der Waals surface area contributed by atoms with Crippen LogP contribution < -0.4 is 11.3 Å². The molecule has 20 heavy (non-hydrogen) atoms. The summed E-state index contributed by atoms with van der Waals surface area (Å²) in [6.45, 7) is 3.24. The van der Waals surface area contributed by atoms with E-state index in [-0.39, 0.29) is 0 Å². The first-order chi connectivity index (χ1) is 9.83. The van der Waals surface area contributed by atoms with Crippen LogP contribution in [0.4, 0.5) is 0 Å². The molecular weight excluding hydrogens is 248 g/mol. The maximum absolute atomic E-state index is 5.76. The van der Waals surface area contributed by atoms with E-state index in [0.29, 0.717) is 6.04 Å². The predicted molar refractivity (Wildman–Crippen MR) is 82.2 cm³/mol. The second-order valence-electron chi connectivity index (χ2n) is 5.84. The lowest BCUT2D eigenvalue weighted by Gasteiger charge is -2.33. The largest absolute Gasteiger partial charge is 0.328 e. The Hall–Kier alpha value is -1.39. The van der Waals surface area contributed by atoms with Crippen LogP contribution in [0.2, 0.25) is 0 Å². The number of nitrogens with two attached hydrogens (primary N) is 1. The molecule has 1 fully saturated rings. The summed E-state index contributed by atoms with van der Waals surface area (Å²) in [4.78, 5) is 4.83. The average molecular weight is 272 g/mol. The number of nitrogens with zero attached hydrogens (tertiary/aromatic N) is 2. The third-order valence-electron chi connectivity index (χ3n) is 4.52. The minimum Gasteiger partial charge on any atom is -0.328 e. The second-order valence-corrected chi connectivity index (χ2v) is 5.84. The number of rotatable bonds is 6. The van der Waals surface area contributed by atoms with E-state index < -0.39 is 0 Å². The molecule has 1 unspecified atom stereocenters. The molecule has 1 aromatic heterocycles. The molecule has 3 N–H and O–H groups in total. The molecule has 0 bridgehead atoms. The lowest BCUT2D eigenvalue weighted by atomic mass is 9.79. The van der Waals surface area contributed by atoms with Crippen LogP contribution in [-0.4, -0.2) is 15.6 Å². The quantitative estimate of drug-likeness (QED) is 0.628. The number of hydrazine groups is 1. The first-order valence-electron chi connectivity index (χ1n) is 7.73. The molecule has 0 radical (unpaired) electrons. The molecule has 1 aliphatic carbocycles. The van der Waals surface area contributed by atoms with Crippen LogP contribution in [0.15, 0.2) is 24.3 Å². The van der Waals surface area contributed by atoms with Gasteiger partial charge in [0.25, 0.3) is 0 Å². The van der Waals surface area contributed by atoms with Crippen molar-refractivity contribution in [1.29, 1.82) is 0 Å². The lowest BCUT2D eigenvalue weighted by Crippen LogP contribution is -2.45. The van der Waals surface area contributed by atoms with Crippen molar-refractivity contribution in [1.82, 2.24) is 15.0 Å². The lowest BCUT2D eigenvalue weighted by molar-refractivity contribution is 0.225. The Bertz CT molecular complexity index is 571. The van der Waals surface area contributed by atoms with Gasteiger partial charge in [0.1, 0.15) is 5.82 Å². The van der Waals surface area contributed by atoms with Gasteiger partial charge in [0, 0.05) is 19.0 Å². The molecule has 3 rings (SSSR count). The highest BCUT2D eigenvalue weighted by molar-refractivity contribution is 5.75. The van der Waals surface area contributed by atoms with Gasteiger partial charge in [-0.25, -0.2) is 4.98 Å². The standard InChI is InChI=1S/C16H24N4/c1-2-10-20-15-9-4-3-8-13(15)18-16(20)11-14(19-17)12-6-5-7-12/h3-4,8-9,12,14,19H,2,5-7,10-11,17H2,1H3. The van der Waals surface area contributed by atoms with E-state index in [2.05, 4.69) is 41.2 Å². The van der Waals surface area contributed by atoms with E-state index in [4.69, 9.17) is 10.8 Å². The van der Waals surface area contributed by atoms with Crippen LogP contribution in [0.25, 0.3) is 11.0 Å². The fraction of sp³-hybridized carbons (Fsp3) is 0.562. The van der Waals surface area contributed by atoms with Crippen LogP contribution in [0, 0.1) is 5.92 Å². The molecule has 4 heteroatoms. The minimum atomic E-state index is 0.358. The number of hydrogen-bond donors (Lipinski definition) is 2. The zero-order chi connectivity index (χ0) is 13.9. The number of hydrogen-bond acceptors (Lipinski definition) is 3. The summed E-state index contributed by atoms with van der Waals surface area (Å²) in [5.74, 6) is 7.65. The molecule has 108 valence electrons. The summed E-state index contributed by atoms with van der Waals surface area (Å²) in [7, 11) is 0. The van der Waals surface area contributed by atoms with Crippen molar-refractivity contribution in [3.63, 3.8) is 0 Å². The topological polar surface area (TPSA) is 55.9 Å². The van der Waals surface area contributed by atoms with Gasteiger partial charge >= 0.3 is 0 Å². The molecular formula is C16H24N4. The first-order valence-corrected chi connectivity index (χ1v) is 7.73. The predicted octanol–water partition coefficient (Wildman–Crippen LogP) is 2.62. The van der Waals surface area contributed by atoms with Gasteiger partial charge in [0.15, 0.2) is 0 Å². The normalized spacial score (nSPS) is 17.3.